The van der Waals surface area contributed by atoms with Crippen LogP contribution in [0.2, 0.25) is 0 Å². The number of nitrogens with one attached hydrogen (secondary N) is 1. The third kappa shape index (κ3) is 4.77. The van der Waals surface area contributed by atoms with Gasteiger partial charge < -0.3 is 24.6 Å². The lowest BCUT2D eigenvalue weighted by Crippen LogP contribution is -2.49. The van der Waals surface area contributed by atoms with Crippen molar-refractivity contribution in [2.75, 3.05) is 39.5 Å². The molecule has 0 spiro atoms. The Morgan fingerprint density at radius 1 is 1.14 bits per heavy atom. The lowest BCUT2D eigenvalue weighted by atomic mass is 9.84. The largest absolute Gasteiger partial charge is 0.454 e. The van der Waals surface area contributed by atoms with Crippen LogP contribution < -0.4 is 14.8 Å². The van der Waals surface area contributed by atoms with Gasteiger partial charge in [0.1, 0.15) is 0 Å². The summed E-state index contributed by atoms with van der Waals surface area (Å²) in [5, 5.41) is 3.12. The zero-order valence-electron chi connectivity index (χ0n) is 18.0. The number of rotatable bonds is 6. The maximum absolute atomic E-state index is 12.7. The predicted octanol–water partition coefficient (Wildman–Crippen LogP) is 2.98. The smallest absolute Gasteiger partial charge is 0.319 e. The number of fused-ring (bicyclic) bond motifs is 1. The molecule has 0 aromatic heterocycles. The number of likely N-dealkylation sites (tertiary alicyclic amines) is 1. The summed E-state index contributed by atoms with van der Waals surface area (Å²) in [5.74, 6) is 1.56. The molecule has 7 heteroatoms. The van der Waals surface area contributed by atoms with E-state index in [1.807, 2.05) is 41.8 Å². The Bertz CT molecular complexity index is 738. The Kier molecular flexibility index (Phi) is 6.55. The summed E-state index contributed by atoms with van der Waals surface area (Å²) in [4.78, 5) is 28.9. The van der Waals surface area contributed by atoms with Gasteiger partial charge in [0.2, 0.25) is 12.7 Å². The summed E-state index contributed by atoms with van der Waals surface area (Å²) in [5.41, 5.74) is 0.873. The normalized spacial score (nSPS) is 16.6. The first-order valence-corrected chi connectivity index (χ1v) is 10.6. The van der Waals surface area contributed by atoms with Crippen LogP contribution in [0.3, 0.4) is 0 Å². The van der Waals surface area contributed by atoms with Crippen molar-refractivity contribution in [2.24, 2.45) is 5.92 Å². The van der Waals surface area contributed by atoms with Gasteiger partial charge in [-0.1, -0.05) is 19.9 Å². The second-order valence-corrected chi connectivity index (χ2v) is 8.39. The molecule has 7 nitrogen and oxygen atoms in total. The molecular weight excluding hydrogens is 370 g/mol. The molecule has 160 valence electrons. The van der Waals surface area contributed by atoms with Crippen LogP contribution in [0.4, 0.5) is 4.79 Å². The van der Waals surface area contributed by atoms with Crippen molar-refractivity contribution in [3.05, 3.63) is 23.8 Å². The molecule has 2 aliphatic heterocycles. The monoisotopic (exact) mass is 403 g/mol. The standard InChI is InChI=1S/C22H33N3O4/c1-5-24(6-2)21(27)25-11-9-16(10-12-25)20(26)23-14-22(3,4)17-7-8-18-19(13-17)29-15-28-18/h7-8,13,16H,5-6,9-12,14-15H2,1-4H3,(H,23,26). The maximum Gasteiger partial charge on any atom is 0.319 e. The van der Waals surface area contributed by atoms with Crippen LogP contribution in [0.15, 0.2) is 18.2 Å². The van der Waals surface area contributed by atoms with Gasteiger partial charge in [-0.3, -0.25) is 4.79 Å². The fourth-order valence-electron chi connectivity index (χ4n) is 3.90. The number of ether oxygens (including phenoxy) is 2. The highest BCUT2D eigenvalue weighted by Crippen LogP contribution is 2.36. The minimum Gasteiger partial charge on any atom is -0.454 e. The number of piperidine rings is 1. The van der Waals surface area contributed by atoms with Crippen molar-refractivity contribution in [1.82, 2.24) is 15.1 Å². The van der Waals surface area contributed by atoms with Crippen molar-refractivity contribution in [2.45, 2.75) is 46.0 Å². The molecule has 0 atom stereocenters. The predicted molar refractivity (Wildman–Crippen MR) is 111 cm³/mol. The van der Waals surface area contributed by atoms with Gasteiger partial charge in [0.25, 0.3) is 0 Å². The molecule has 0 bridgehead atoms. The Morgan fingerprint density at radius 3 is 2.45 bits per heavy atom. The molecule has 1 aromatic carbocycles. The molecule has 1 aromatic rings. The van der Waals surface area contributed by atoms with Gasteiger partial charge in [0.15, 0.2) is 11.5 Å². The molecule has 3 rings (SSSR count). The lowest BCUT2D eigenvalue weighted by molar-refractivity contribution is -0.126. The van der Waals surface area contributed by atoms with E-state index in [1.165, 1.54) is 0 Å². The minimum absolute atomic E-state index is 0.0386. The van der Waals surface area contributed by atoms with Gasteiger partial charge >= 0.3 is 6.03 Å². The number of hydrogen-bond donors (Lipinski definition) is 1. The fraction of sp³-hybridized carbons (Fsp3) is 0.636. The molecule has 2 heterocycles. The Balaban J connectivity index is 1.50. The van der Waals surface area contributed by atoms with Gasteiger partial charge in [0, 0.05) is 44.1 Å². The second kappa shape index (κ2) is 8.93. The van der Waals surface area contributed by atoms with Crippen LogP contribution in [-0.2, 0) is 10.2 Å². The van der Waals surface area contributed by atoms with Crippen molar-refractivity contribution in [3.8, 4) is 11.5 Å². The van der Waals surface area contributed by atoms with E-state index in [0.29, 0.717) is 45.6 Å². The highest BCUT2D eigenvalue weighted by Gasteiger charge is 2.30. The van der Waals surface area contributed by atoms with Crippen molar-refractivity contribution < 1.29 is 19.1 Å². The topological polar surface area (TPSA) is 71.1 Å². The third-order valence-corrected chi connectivity index (χ3v) is 6.03. The van der Waals surface area contributed by atoms with E-state index in [-0.39, 0.29) is 30.1 Å². The SMILES string of the molecule is CCN(CC)C(=O)N1CCC(C(=O)NCC(C)(C)c2ccc3c(c2)OCO3)CC1. The summed E-state index contributed by atoms with van der Waals surface area (Å²) >= 11 is 0. The molecule has 1 saturated heterocycles. The molecule has 1 N–H and O–H groups in total. The number of urea groups is 1. The summed E-state index contributed by atoms with van der Waals surface area (Å²) in [6.07, 6.45) is 1.42. The van der Waals surface area contributed by atoms with Gasteiger partial charge in [-0.25, -0.2) is 4.79 Å². The lowest BCUT2D eigenvalue weighted by Gasteiger charge is -2.35. The first-order valence-electron chi connectivity index (χ1n) is 10.6. The van der Waals surface area contributed by atoms with Crippen LogP contribution in [-0.4, -0.2) is 61.3 Å². The average molecular weight is 404 g/mol. The summed E-state index contributed by atoms with van der Waals surface area (Å²) in [7, 11) is 0. The first-order chi connectivity index (χ1) is 13.9. The highest BCUT2D eigenvalue weighted by atomic mass is 16.7. The van der Waals surface area contributed by atoms with E-state index >= 15 is 0 Å². The zero-order chi connectivity index (χ0) is 21.0. The highest BCUT2D eigenvalue weighted by molar-refractivity contribution is 5.80. The summed E-state index contributed by atoms with van der Waals surface area (Å²) in [6.45, 7) is 11.7. The molecule has 29 heavy (non-hydrogen) atoms. The van der Waals surface area contributed by atoms with Gasteiger partial charge in [-0.2, -0.15) is 0 Å². The Hall–Kier alpha value is -2.44. The molecule has 0 unspecified atom stereocenters. The van der Waals surface area contributed by atoms with Crippen molar-refractivity contribution >= 4 is 11.9 Å². The minimum atomic E-state index is -0.226. The first kappa shape index (κ1) is 21.3. The number of amides is 3. The van der Waals surface area contributed by atoms with E-state index in [2.05, 4.69) is 19.2 Å². The number of carbonyl (C=O) groups excluding carboxylic acids is 2. The second-order valence-electron chi connectivity index (χ2n) is 8.39. The van der Waals surface area contributed by atoms with Crippen LogP contribution in [0.25, 0.3) is 0 Å². The van der Waals surface area contributed by atoms with Gasteiger partial charge in [-0.05, 0) is 44.4 Å². The summed E-state index contributed by atoms with van der Waals surface area (Å²) in [6, 6.07) is 6.02. The summed E-state index contributed by atoms with van der Waals surface area (Å²) < 4.78 is 10.8. The van der Waals surface area contributed by atoms with E-state index in [4.69, 9.17) is 9.47 Å². The number of carbonyl (C=O) groups is 2. The van der Waals surface area contributed by atoms with Crippen LogP contribution >= 0.6 is 0 Å². The van der Waals surface area contributed by atoms with Crippen molar-refractivity contribution in [3.63, 3.8) is 0 Å². The molecule has 0 radical (unpaired) electrons. The fourth-order valence-corrected chi connectivity index (χ4v) is 3.90. The number of nitrogens with zero attached hydrogens (tertiary/aromatic N) is 2. The van der Waals surface area contributed by atoms with Crippen LogP contribution in [0.5, 0.6) is 11.5 Å². The number of hydrogen-bond acceptors (Lipinski definition) is 4. The molecular formula is C22H33N3O4. The molecule has 0 saturated carbocycles. The zero-order valence-corrected chi connectivity index (χ0v) is 18.0. The van der Waals surface area contributed by atoms with Crippen LogP contribution in [0.1, 0.15) is 46.1 Å². The van der Waals surface area contributed by atoms with E-state index in [0.717, 1.165) is 17.1 Å². The van der Waals surface area contributed by atoms with E-state index in [9.17, 15) is 9.59 Å². The van der Waals surface area contributed by atoms with Gasteiger partial charge in [0.05, 0.1) is 0 Å². The van der Waals surface area contributed by atoms with Gasteiger partial charge in [-0.15, -0.1) is 0 Å². The quantitative estimate of drug-likeness (QED) is 0.793. The molecule has 0 aliphatic carbocycles. The van der Waals surface area contributed by atoms with Crippen molar-refractivity contribution in [1.29, 1.82) is 0 Å². The number of benzene rings is 1. The van der Waals surface area contributed by atoms with E-state index in [1.54, 1.807) is 0 Å². The molecule has 3 amide bonds. The third-order valence-electron chi connectivity index (χ3n) is 6.03. The van der Waals surface area contributed by atoms with E-state index < -0.39 is 0 Å². The Labute approximate surface area is 173 Å². The van der Waals surface area contributed by atoms with Crippen LogP contribution in [0, 0.1) is 5.92 Å². The molecule has 1 fully saturated rings. The average Bonchev–Trinajstić information content (AvgIpc) is 3.21. The molecule has 2 aliphatic rings. The maximum atomic E-state index is 12.7. The Morgan fingerprint density at radius 2 is 1.79 bits per heavy atom.